The lowest BCUT2D eigenvalue weighted by Gasteiger charge is -2.31. The van der Waals surface area contributed by atoms with Gasteiger partial charge in [0, 0.05) is 27.1 Å². The molecule has 0 saturated carbocycles. The van der Waals surface area contributed by atoms with E-state index in [0.29, 0.717) is 16.6 Å². The van der Waals surface area contributed by atoms with Gasteiger partial charge in [-0.05, 0) is 47.0 Å². The molecule has 45 heavy (non-hydrogen) atoms. The highest BCUT2D eigenvalue weighted by Gasteiger charge is 2.35. The average Bonchev–Trinajstić information content (AvgIpc) is 3.38. The molecule has 0 unspecified atom stereocenters. The third kappa shape index (κ3) is 6.58. The normalized spacial score (nSPS) is 16.9. The van der Waals surface area contributed by atoms with Gasteiger partial charge in [0.2, 0.25) is 0 Å². The van der Waals surface area contributed by atoms with Gasteiger partial charge in [0.25, 0.3) is 11.8 Å². The quantitative estimate of drug-likeness (QED) is 0.145. The van der Waals surface area contributed by atoms with Gasteiger partial charge in [0.05, 0.1) is 17.8 Å². The van der Waals surface area contributed by atoms with Crippen molar-refractivity contribution in [3.63, 3.8) is 0 Å². The Morgan fingerprint density at radius 1 is 0.956 bits per heavy atom. The van der Waals surface area contributed by atoms with E-state index in [4.69, 9.17) is 4.99 Å². The van der Waals surface area contributed by atoms with Gasteiger partial charge >= 0.3 is 6.18 Å². The molecule has 0 fully saturated rings. The number of hydrogen-bond donors (Lipinski definition) is 2. The fraction of sp³-hybridized carbons (Fsp3) is 0.118. The molecule has 2 amide bonds. The number of benzene rings is 4. The van der Waals surface area contributed by atoms with E-state index in [-0.39, 0.29) is 24.2 Å². The van der Waals surface area contributed by atoms with Crippen molar-refractivity contribution in [3.8, 4) is 0 Å². The van der Waals surface area contributed by atoms with Crippen molar-refractivity contribution in [2.45, 2.75) is 24.8 Å². The Hall–Kier alpha value is -5.03. The number of hydrogen-bond acceptors (Lipinski definition) is 4. The summed E-state index contributed by atoms with van der Waals surface area (Å²) >= 11 is 3.52. The minimum atomic E-state index is -4.44. The van der Waals surface area contributed by atoms with Gasteiger partial charge < -0.3 is 9.88 Å². The van der Waals surface area contributed by atoms with Crippen molar-refractivity contribution in [2.75, 3.05) is 0 Å². The van der Waals surface area contributed by atoms with Crippen LogP contribution in [-0.4, -0.2) is 28.3 Å². The molecule has 0 saturated heterocycles. The molecule has 4 aromatic carbocycles. The second-order valence-electron chi connectivity index (χ2n) is 10.4. The monoisotopic (exact) mass is 671 g/mol. The predicted octanol–water partition coefficient (Wildman–Crippen LogP) is 6.97. The average molecular weight is 673 g/mol. The van der Waals surface area contributed by atoms with Gasteiger partial charge in [-0.2, -0.15) is 18.3 Å². The second kappa shape index (κ2) is 12.5. The van der Waals surface area contributed by atoms with Crippen LogP contribution in [0.3, 0.4) is 0 Å². The third-order valence-electron chi connectivity index (χ3n) is 7.44. The summed E-state index contributed by atoms with van der Waals surface area (Å²) in [4.78, 5) is 31.5. The zero-order chi connectivity index (χ0) is 31.6. The second-order valence-corrected chi connectivity index (χ2v) is 11.4. The van der Waals surface area contributed by atoms with Crippen LogP contribution in [0.2, 0.25) is 0 Å². The van der Waals surface area contributed by atoms with Crippen molar-refractivity contribution < 1.29 is 22.8 Å². The van der Waals surface area contributed by atoms with Crippen LogP contribution in [0.4, 0.5) is 13.2 Å². The fourth-order valence-electron chi connectivity index (χ4n) is 5.31. The van der Waals surface area contributed by atoms with E-state index in [1.165, 1.54) is 18.3 Å². The number of rotatable bonds is 7. The minimum Gasteiger partial charge on any atom is -0.341 e. The number of carbonyl (C=O) groups is 2. The van der Waals surface area contributed by atoms with Crippen LogP contribution in [0, 0.1) is 0 Å². The van der Waals surface area contributed by atoms with Gasteiger partial charge in [-0.3, -0.25) is 14.6 Å². The largest absolute Gasteiger partial charge is 0.416 e. The van der Waals surface area contributed by atoms with Crippen molar-refractivity contribution in [2.24, 2.45) is 10.1 Å². The van der Waals surface area contributed by atoms with Gasteiger partial charge in [-0.15, -0.1) is 0 Å². The summed E-state index contributed by atoms with van der Waals surface area (Å²) in [5.74, 6) is -0.800. The van der Waals surface area contributed by atoms with Crippen LogP contribution in [0.1, 0.15) is 39.9 Å². The van der Waals surface area contributed by atoms with Crippen LogP contribution >= 0.6 is 15.9 Å². The highest BCUT2D eigenvalue weighted by molar-refractivity contribution is 9.10. The van der Waals surface area contributed by atoms with Crippen molar-refractivity contribution in [3.05, 3.63) is 142 Å². The number of halogens is 4. The smallest absolute Gasteiger partial charge is 0.341 e. The molecule has 2 heterocycles. The summed E-state index contributed by atoms with van der Waals surface area (Å²) in [5.41, 5.74) is 5.43. The maximum atomic E-state index is 13.6. The molecular formula is C34H25BrF3N5O2. The molecule has 0 radical (unpaired) electrons. The van der Waals surface area contributed by atoms with Gasteiger partial charge in [0.15, 0.2) is 0 Å². The van der Waals surface area contributed by atoms with Crippen LogP contribution < -0.4 is 10.7 Å². The molecule has 1 aliphatic heterocycles. The number of alkyl halides is 3. The number of fused-ring (bicyclic) bond motifs is 1. The first-order valence-electron chi connectivity index (χ1n) is 13.9. The summed E-state index contributed by atoms with van der Waals surface area (Å²) < 4.78 is 41.0. The highest BCUT2D eigenvalue weighted by Crippen LogP contribution is 2.37. The summed E-state index contributed by atoms with van der Waals surface area (Å²) in [7, 11) is 0. The number of hydrazone groups is 1. The predicted molar refractivity (Wildman–Crippen MR) is 170 cm³/mol. The molecule has 5 aromatic rings. The van der Waals surface area contributed by atoms with Crippen LogP contribution in [0.25, 0.3) is 10.9 Å². The van der Waals surface area contributed by atoms with E-state index in [1.807, 2.05) is 78.9 Å². The molecule has 7 nitrogen and oxygen atoms in total. The Labute approximate surface area is 264 Å². The minimum absolute atomic E-state index is 0.133. The molecule has 2 atom stereocenters. The lowest BCUT2D eigenvalue weighted by molar-refractivity contribution is -0.137. The summed E-state index contributed by atoms with van der Waals surface area (Å²) in [5, 5.41) is 7.79. The molecule has 0 aliphatic carbocycles. The van der Waals surface area contributed by atoms with Gasteiger partial charge in [-0.25, -0.2) is 5.43 Å². The summed E-state index contributed by atoms with van der Waals surface area (Å²) in [6, 6.07) is 28.7. The Morgan fingerprint density at radius 3 is 2.29 bits per heavy atom. The fourth-order valence-corrected chi connectivity index (χ4v) is 5.67. The molecule has 226 valence electrons. The first-order chi connectivity index (χ1) is 21.7. The van der Waals surface area contributed by atoms with E-state index < -0.39 is 23.7 Å². The van der Waals surface area contributed by atoms with Gasteiger partial charge in [0.1, 0.15) is 18.3 Å². The number of nitrogens with zero attached hydrogens (tertiary/aromatic N) is 3. The number of carbonyl (C=O) groups excluding carboxylic acids is 2. The summed E-state index contributed by atoms with van der Waals surface area (Å²) in [6.45, 7) is -0.133. The lowest BCUT2D eigenvalue weighted by atomic mass is 9.91. The molecular weight excluding hydrogens is 647 g/mol. The molecule has 1 aromatic heterocycles. The standard InChI is InChI=1S/C34H25BrF3N5O2/c35-25-15-16-28-26(17-25)27(19-43(28)20-29(44)42-39-18-21-11-13-24(14-12-21)34(36,37)38)32-33(45)41-31(23-9-5-2-6-10-23)30(40-32)22-7-3-1-4-8-22/h1-19,30-31H,20H2,(H,41,45)(H,42,44)/b39-18+/t30-,31-/m0/s1. The molecule has 2 N–H and O–H groups in total. The van der Waals surface area contributed by atoms with E-state index in [2.05, 4.69) is 31.8 Å². The Bertz CT molecular complexity index is 1920. The SMILES string of the molecule is O=C(Cn1cc(C2=N[C@@H](c3ccccc3)[C@H](c3ccccc3)NC2=O)c2cc(Br)ccc21)N/N=C/c1ccc(C(F)(F)F)cc1. The van der Waals surface area contributed by atoms with Crippen LogP contribution in [-0.2, 0) is 22.3 Å². The van der Waals surface area contributed by atoms with Gasteiger partial charge in [-0.1, -0.05) is 88.7 Å². The Kier molecular flexibility index (Phi) is 8.36. The van der Waals surface area contributed by atoms with Crippen molar-refractivity contribution in [1.82, 2.24) is 15.3 Å². The van der Waals surface area contributed by atoms with E-state index in [1.54, 1.807) is 10.8 Å². The molecule has 0 bridgehead atoms. The molecule has 0 spiro atoms. The van der Waals surface area contributed by atoms with E-state index in [0.717, 1.165) is 33.1 Å². The zero-order valence-corrected chi connectivity index (χ0v) is 25.1. The van der Waals surface area contributed by atoms with Crippen LogP contribution in [0.5, 0.6) is 0 Å². The Morgan fingerprint density at radius 2 is 1.62 bits per heavy atom. The van der Waals surface area contributed by atoms with E-state index in [9.17, 15) is 22.8 Å². The Balaban J connectivity index is 1.30. The zero-order valence-electron chi connectivity index (χ0n) is 23.5. The van der Waals surface area contributed by atoms with Crippen molar-refractivity contribution in [1.29, 1.82) is 0 Å². The number of nitrogens with one attached hydrogen (secondary N) is 2. The highest BCUT2D eigenvalue weighted by atomic mass is 79.9. The number of aliphatic imine (C=N–C) groups is 1. The maximum Gasteiger partial charge on any atom is 0.416 e. The van der Waals surface area contributed by atoms with Crippen LogP contribution in [0.15, 0.2) is 124 Å². The number of aromatic nitrogens is 1. The van der Waals surface area contributed by atoms with Crippen molar-refractivity contribution >= 4 is 50.6 Å². The lowest BCUT2D eigenvalue weighted by Crippen LogP contribution is -2.42. The summed E-state index contributed by atoms with van der Waals surface area (Å²) in [6.07, 6.45) is -1.45. The first-order valence-corrected chi connectivity index (χ1v) is 14.7. The molecule has 1 aliphatic rings. The van der Waals surface area contributed by atoms with E-state index >= 15 is 0 Å². The maximum absolute atomic E-state index is 13.6. The number of amides is 2. The molecule has 11 heteroatoms. The topological polar surface area (TPSA) is 87.8 Å². The molecule has 6 rings (SSSR count). The third-order valence-corrected chi connectivity index (χ3v) is 7.93. The first kappa shape index (κ1) is 30.0.